The van der Waals surface area contributed by atoms with Crippen molar-refractivity contribution in [3.8, 4) is 0 Å². The van der Waals surface area contributed by atoms with Crippen molar-refractivity contribution in [3.05, 3.63) is 0 Å². The number of amides is 1. The molecule has 0 bridgehead atoms. The molecule has 0 fully saturated rings. The van der Waals surface area contributed by atoms with Gasteiger partial charge in [0.05, 0.1) is 0 Å². The second-order valence-corrected chi connectivity index (χ2v) is 1.61. The average Bonchev–Trinajstić information content (AvgIpc) is 2.08. The molecule has 0 aromatic carbocycles. The Balaban J connectivity index is -0.0000000965. The van der Waals surface area contributed by atoms with E-state index < -0.39 is 0 Å². The molecule has 0 aromatic heterocycles. The van der Waals surface area contributed by atoms with Crippen molar-refractivity contribution in [1.82, 2.24) is 0 Å². The van der Waals surface area contributed by atoms with Crippen LogP contribution in [0.25, 0.3) is 0 Å². The van der Waals surface area contributed by atoms with Crippen molar-refractivity contribution in [2.24, 2.45) is 11.5 Å². The first-order valence-corrected chi connectivity index (χ1v) is 4.17. The molecular weight excluding hydrogens is 140 g/mol. The van der Waals surface area contributed by atoms with Crippen LogP contribution < -0.4 is 11.5 Å². The Morgan fingerprint density at radius 2 is 1.45 bits per heavy atom. The molecule has 0 rings (SSSR count). The number of carbonyl (C=O) groups excluding carboxylic acids is 1. The maximum absolute atomic E-state index is 9.59. The number of hydrogen-bond acceptors (Lipinski definition) is 2. The van der Waals surface area contributed by atoms with E-state index in [2.05, 4.69) is 12.7 Å². The molecule has 0 aliphatic rings. The van der Waals surface area contributed by atoms with Crippen molar-refractivity contribution >= 4 is 5.91 Å². The minimum atomic E-state index is -0.245. The third-order valence-corrected chi connectivity index (χ3v) is 0.637. The van der Waals surface area contributed by atoms with E-state index in [1.807, 2.05) is 13.8 Å². The van der Waals surface area contributed by atoms with Crippen LogP contribution in [0.5, 0.6) is 0 Å². The first-order valence-electron chi connectivity index (χ1n) is 4.17. The maximum Gasteiger partial charge on any atom is 0.217 e. The highest BCUT2D eigenvalue weighted by molar-refractivity contribution is 5.73. The van der Waals surface area contributed by atoms with Gasteiger partial charge in [0.1, 0.15) is 0 Å². The molecule has 0 unspecified atom stereocenters. The van der Waals surface area contributed by atoms with Crippen LogP contribution >= 0.6 is 0 Å². The summed E-state index contributed by atoms with van der Waals surface area (Å²) < 4.78 is 0. The molecule has 70 valence electrons. The number of rotatable bonds is 2. The van der Waals surface area contributed by atoms with Gasteiger partial charge in [0, 0.05) is 6.42 Å². The molecule has 0 heterocycles. The van der Waals surface area contributed by atoms with E-state index in [1.54, 1.807) is 6.92 Å². The molecule has 0 aromatic rings. The molecule has 0 saturated carbocycles. The van der Waals surface area contributed by atoms with Crippen LogP contribution in [0, 0.1) is 0 Å². The Hall–Kier alpha value is -0.570. The van der Waals surface area contributed by atoms with Crippen LogP contribution in [0.3, 0.4) is 0 Å². The van der Waals surface area contributed by atoms with Gasteiger partial charge in [-0.05, 0) is 13.0 Å². The summed E-state index contributed by atoms with van der Waals surface area (Å²) in [5.41, 5.74) is 9.68. The molecule has 0 aliphatic heterocycles. The summed E-state index contributed by atoms with van der Waals surface area (Å²) in [6.45, 7) is 8.60. The summed E-state index contributed by atoms with van der Waals surface area (Å²) in [5, 5.41) is 0. The minimum absolute atomic E-state index is 0.245. The van der Waals surface area contributed by atoms with Gasteiger partial charge in [-0.2, -0.15) is 0 Å². The third kappa shape index (κ3) is 88.2. The van der Waals surface area contributed by atoms with Crippen LogP contribution in [-0.2, 0) is 4.79 Å². The van der Waals surface area contributed by atoms with E-state index in [4.69, 9.17) is 5.73 Å². The van der Waals surface area contributed by atoms with E-state index >= 15 is 0 Å². The van der Waals surface area contributed by atoms with Crippen molar-refractivity contribution in [3.63, 3.8) is 0 Å². The number of carbonyl (C=O) groups is 1. The maximum atomic E-state index is 9.59. The Bertz CT molecular complexity index is 63.1. The number of primary amides is 1. The molecule has 4 N–H and O–H groups in total. The fourth-order valence-corrected chi connectivity index (χ4v) is 0. The second kappa shape index (κ2) is 22.7. The fraction of sp³-hybridized carbons (Fsp3) is 0.875. The Kier molecular flexibility index (Phi) is 34.7. The lowest BCUT2D eigenvalue weighted by atomic mass is 10.5. The predicted molar refractivity (Wildman–Crippen MR) is 50.2 cm³/mol. The van der Waals surface area contributed by atoms with E-state index in [1.165, 1.54) is 0 Å². The quantitative estimate of drug-likeness (QED) is 0.642. The average molecular weight is 162 g/mol. The van der Waals surface area contributed by atoms with Crippen LogP contribution in [0.2, 0.25) is 0 Å². The normalized spacial score (nSPS) is 6.64. The van der Waals surface area contributed by atoms with Gasteiger partial charge >= 0.3 is 0 Å². The lowest BCUT2D eigenvalue weighted by Crippen LogP contribution is -2.06. The summed E-state index contributed by atoms with van der Waals surface area (Å²) in [5.74, 6) is -0.245. The summed E-state index contributed by atoms with van der Waals surface area (Å²) in [6.07, 6.45) is 1.54. The first-order chi connectivity index (χ1) is 5.18. The largest absolute Gasteiger partial charge is 0.370 e. The Labute approximate surface area is 70.1 Å². The zero-order valence-electron chi connectivity index (χ0n) is 8.18. The molecule has 3 heteroatoms. The molecule has 0 radical (unpaired) electrons. The Morgan fingerprint density at radius 1 is 1.27 bits per heavy atom. The van der Waals surface area contributed by atoms with Gasteiger partial charge in [0.15, 0.2) is 0 Å². The first kappa shape index (κ1) is 16.8. The predicted octanol–water partition coefficient (Wildman–Crippen LogP) is 1.26. The van der Waals surface area contributed by atoms with Gasteiger partial charge in [-0.25, -0.2) is 0 Å². The lowest BCUT2D eigenvalue weighted by molar-refractivity contribution is -0.117. The molecule has 1 amide bonds. The second-order valence-electron chi connectivity index (χ2n) is 1.61. The van der Waals surface area contributed by atoms with Crippen LogP contribution in [0.15, 0.2) is 0 Å². The summed E-state index contributed by atoms with van der Waals surface area (Å²) in [7, 11) is 0. The van der Waals surface area contributed by atoms with E-state index in [0.717, 1.165) is 13.0 Å². The van der Waals surface area contributed by atoms with Gasteiger partial charge in [0.2, 0.25) is 5.91 Å². The van der Waals surface area contributed by atoms with Crippen LogP contribution in [0.1, 0.15) is 40.5 Å². The van der Waals surface area contributed by atoms with Gasteiger partial charge < -0.3 is 11.5 Å². The van der Waals surface area contributed by atoms with Crippen molar-refractivity contribution in [2.45, 2.75) is 40.5 Å². The topological polar surface area (TPSA) is 69.1 Å². The standard InChI is InChI=1S/C3H7NO.C3H9N.C2H6/c1-2-3(4)5;1-2-3-4;1-2/h2H2,1H3,(H2,4,5);2-4H2,1H3;1-2H3. The molecule has 0 spiro atoms. The van der Waals surface area contributed by atoms with E-state index in [-0.39, 0.29) is 5.91 Å². The monoisotopic (exact) mass is 162 g/mol. The van der Waals surface area contributed by atoms with Crippen molar-refractivity contribution in [2.75, 3.05) is 6.54 Å². The van der Waals surface area contributed by atoms with Gasteiger partial charge in [-0.1, -0.05) is 27.7 Å². The number of nitrogens with two attached hydrogens (primary N) is 2. The van der Waals surface area contributed by atoms with E-state index in [9.17, 15) is 4.79 Å². The third-order valence-electron chi connectivity index (χ3n) is 0.637. The molecule has 11 heavy (non-hydrogen) atoms. The summed E-state index contributed by atoms with van der Waals surface area (Å²) >= 11 is 0. The Morgan fingerprint density at radius 3 is 1.45 bits per heavy atom. The molecule has 0 saturated heterocycles. The highest BCUT2D eigenvalue weighted by Gasteiger charge is 1.77. The van der Waals surface area contributed by atoms with Crippen LogP contribution in [-0.4, -0.2) is 12.5 Å². The lowest BCUT2D eigenvalue weighted by Gasteiger charge is -1.73. The van der Waals surface area contributed by atoms with Crippen molar-refractivity contribution in [1.29, 1.82) is 0 Å². The zero-order valence-corrected chi connectivity index (χ0v) is 8.18. The molecule has 0 aliphatic carbocycles. The summed E-state index contributed by atoms with van der Waals surface area (Å²) in [4.78, 5) is 9.59. The molecule has 0 atom stereocenters. The summed E-state index contributed by atoms with van der Waals surface area (Å²) in [6, 6.07) is 0. The van der Waals surface area contributed by atoms with Gasteiger partial charge in [-0.15, -0.1) is 0 Å². The van der Waals surface area contributed by atoms with Crippen LogP contribution in [0.4, 0.5) is 0 Å². The fourth-order valence-electron chi connectivity index (χ4n) is 0. The number of hydrogen-bond donors (Lipinski definition) is 2. The highest BCUT2D eigenvalue weighted by atomic mass is 16.1. The SMILES string of the molecule is CC.CCC(N)=O.CCCN. The minimum Gasteiger partial charge on any atom is -0.370 e. The zero-order chi connectivity index (χ0) is 9.70. The molecular formula is C8H22N2O. The van der Waals surface area contributed by atoms with Gasteiger partial charge in [-0.3, -0.25) is 4.79 Å². The van der Waals surface area contributed by atoms with Crippen molar-refractivity contribution < 1.29 is 4.79 Å². The highest BCUT2D eigenvalue weighted by Crippen LogP contribution is 1.63. The smallest absolute Gasteiger partial charge is 0.217 e. The van der Waals surface area contributed by atoms with Gasteiger partial charge in [0.25, 0.3) is 0 Å². The van der Waals surface area contributed by atoms with E-state index in [0.29, 0.717) is 6.42 Å². The molecule has 3 nitrogen and oxygen atoms in total.